The highest BCUT2D eigenvalue weighted by atomic mass is 16.4. The molecule has 1 aliphatic carbocycles. The molecular weight excluding hydrogens is 268 g/mol. The van der Waals surface area contributed by atoms with Gasteiger partial charge in [0.15, 0.2) is 0 Å². The lowest BCUT2D eigenvalue weighted by Crippen LogP contribution is -2.34. The smallest absolute Gasteiger partial charge is 0.323 e. The van der Waals surface area contributed by atoms with Crippen LogP contribution in [0.2, 0.25) is 0 Å². The largest absolute Gasteiger partial charge is 0.480 e. The van der Waals surface area contributed by atoms with Gasteiger partial charge >= 0.3 is 5.97 Å². The second-order valence-corrected chi connectivity index (χ2v) is 5.22. The predicted octanol–water partition coefficient (Wildman–Crippen LogP) is 1.64. The van der Waals surface area contributed by atoms with E-state index in [0.717, 1.165) is 6.42 Å². The molecule has 0 saturated carbocycles. The SMILES string of the molecule is O=C(O)Cn1cccc1C(=O)NCC1Cc2ccccc21. The van der Waals surface area contributed by atoms with Crippen molar-refractivity contribution < 1.29 is 14.7 Å². The molecular formula is C16H16N2O3. The van der Waals surface area contributed by atoms with E-state index in [1.54, 1.807) is 18.3 Å². The first-order valence-electron chi connectivity index (χ1n) is 6.88. The number of aliphatic carboxylic acids is 1. The molecule has 1 heterocycles. The van der Waals surface area contributed by atoms with E-state index in [1.165, 1.54) is 15.7 Å². The minimum absolute atomic E-state index is 0.206. The Balaban J connectivity index is 1.61. The number of carbonyl (C=O) groups is 2. The van der Waals surface area contributed by atoms with Crippen LogP contribution < -0.4 is 5.32 Å². The minimum atomic E-state index is -0.965. The first-order chi connectivity index (χ1) is 10.1. The van der Waals surface area contributed by atoms with Crippen molar-refractivity contribution in [3.8, 4) is 0 Å². The van der Waals surface area contributed by atoms with Gasteiger partial charge in [-0.15, -0.1) is 0 Å². The minimum Gasteiger partial charge on any atom is -0.480 e. The maximum absolute atomic E-state index is 12.1. The number of carboxylic acid groups (broad SMARTS) is 1. The van der Waals surface area contributed by atoms with Crippen LogP contribution in [-0.4, -0.2) is 28.1 Å². The van der Waals surface area contributed by atoms with Crippen molar-refractivity contribution in [1.82, 2.24) is 9.88 Å². The molecule has 3 rings (SSSR count). The molecule has 5 heteroatoms. The number of benzene rings is 1. The molecule has 0 radical (unpaired) electrons. The van der Waals surface area contributed by atoms with Gasteiger partial charge in [0.2, 0.25) is 0 Å². The molecule has 2 aromatic rings. The summed E-state index contributed by atoms with van der Waals surface area (Å²) in [5, 5.41) is 11.7. The molecule has 2 N–H and O–H groups in total. The Morgan fingerprint density at radius 2 is 2.05 bits per heavy atom. The third-order valence-corrected chi connectivity index (χ3v) is 3.84. The maximum atomic E-state index is 12.1. The lowest BCUT2D eigenvalue weighted by Gasteiger charge is -2.30. The monoisotopic (exact) mass is 284 g/mol. The fourth-order valence-corrected chi connectivity index (χ4v) is 2.76. The molecule has 0 aliphatic heterocycles. The number of carbonyl (C=O) groups excluding carboxylic acids is 1. The third-order valence-electron chi connectivity index (χ3n) is 3.84. The van der Waals surface area contributed by atoms with E-state index in [9.17, 15) is 9.59 Å². The molecule has 5 nitrogen and oxygen atoms in total. The third kappa shape index (κ3) is 2.67. The predicted molar refractivity (Wildman–Crippen MR) is 77.3 cm³/mol. The summed E-state index contributed by atoms with van der Waals surface area (Å²) in [5.41, 5.74) is 3.01. The number of hydrogen-bond acceptors (Lipinski definition) is 2. The molecule has 0 saturated heterocycles. The highest BCUT2D eigenvalue weighted by Crippen LogP contribution is 2.33. The van der Waals surface area contributed by atoms with Crippen LogP contribution in [0.15, 0.2) is 42.6 Å². The molecule has 0 fully saturated rings. The van der Waals surface area contributed by atoms with E-state index in [0.29, 0.717) is 18.2 Å². The first kappa shape index (κ1) is 13.4. The zero-order valence-electron chi connectivity index (χ0n) is 11.5. The van der Waals surface area contributed by atoms with Crippen LogP contribution >= 0.6 is 0 Å². The summed E-state index contributed by atoms with van der Waals surface area (Å²) >= 11 is 0. The van der Waals surface area contributed by atoms with Crippen molar-refractivity contribution in [2.75, 3.05) is 6.54 Å². The summed E-state index contributed by atoms with van der Waals surface area (Å²) in [5.74, 6) is -0.841. The second-order valence-electron chi connectivity index (χ2n) is 5.22. The van der Waals surface area contributed by atoms with Crippen molar-refractivity contribution in [3.05, 3.63) is 59.4 Å². The van der Waals surface area contributed by atoms with Crippen LogP contribution in [0.3, 0.4) is 0 Å². The molecule has 1 aromatic heterocycles. The van der Waals surface area contributed by atoms with E-state index >= 15 is 0 Å². The van der Waals surface area contributed by atoms with Gasteiger partial charge < -0.3 is 15.0 Å². The highest BCUT2D eigenvalue weighted by Gasteiger charge is 2.26. The summed E-state index contributed by atoms with van der Waals surface area (Å²) in [6.07, 6.45) is 2.58. The maximum Gasteiger partial charge on any atom is 0.323 e. The van der Waals surface area contributed by atoms with Crippen molar-refractivity contribution in [1.29, 1.82) is 0 Å². The van der Waals surface area contributed by atoms with E-state index in [-0.39, 0.29) is 12.5 Å². The van der Waals surface area contributed by atoms with Gasteiger partial charge in [-0.05, 0) is 29.7 Å². The second kappa shape index (κ2) is 5.44. The number of amides is 1. The number of aromatic nitrogens is 1. The normalized spacial score (nSPS) is 15.9. The average Bonchev–Trinajstić information content (AvgIpc) is 2.87. The van der Waals surface area contributed by atoms with E-state index in [4.69, 9.17) is 5.11 Å². The molecule has 1 unspecified atom stereocenters. The highest BCUT2D eigenvalue weighted by molar-refractivity contribution is 5.93. The number of fused-ring (bicyclic) bond motifs is 1. The van der Waals surface area contributed by atoms with Gasteiger partial charge in [-0.2, -0.15) is 0 Å². The van der Waals surface area contributed by atoms with Gasteiger partial charge in [-0.25, -0.2) is 0 Å². The Morgan fingerprint density at radius 3 is 2.81 bits per heavy atom. The Labute approximate surface area is 122 Å². The Kier molecular flexibility index (Phi) is 3.48. The standard InChI is InChI=1S/C16H16N2O3/c19-15(20)10-18-7-3-6-14(18)16(21)17-9-12-8-11-4-1-2-5-13(11)12/h1-7,12H,8-10H2,(H,17,21)(H,19,20). The topological polar surface area (TPSA) is 71.3 Å². The van der Waals surface area contributed by atoms with Crippen LogP contribution in [0.5, 0.6) is 0 Å². The number of carboxylic acids is 1. The zero-order chi connectivity index (χ0) is 14.8. The number of rotatable bonds is 5. The molecule has 108 valence electrons. The molecule has 1 aliphatic rings. The Morgan fingerprint density at radius 1 is 1.24 bits per heavy atom. The fourth-order valence-electron chi connectivity index (χ4n) is 2.76. The van der Waals surface area contributed by atoms with Crippen molar-refractivity contribution in [3.63, 3.8) is 0 Å². The van der Waals surface area contributed by atoms with Crippen LogP contribution in [0.1, 0.15) is 27.5 Å². The van der Waals surface area contributed by atoms with Crippen LogP contribution in [0.25, 0.3) is 0 Å². The van der Waals surface area contributed by atoms with E-state index in [1.807, 2.05) is 12.1 Å². The van der Waals surface area contributed by atoms with Gasteiger partial charge in [0, 0.05) is 18.7 Å². The fraction of sp³-hybridized carbons (Fsp3) is 0.250. The summed E-state index contributed by atoms with van der Waals surface area (Å²) in [4.78, 5) is 22.9. The van der Waals surface area contributed by atoms with Crippen LogP contribution in [-0.2, 0) is 17.8 Å². The van der Waals surface area contributed by atoms with Crippen LogP contribution in [0.4, 0.5) is 0 Å². The van der Waals surface area contributed by atoms with Gasteiger partial charge in [-0.1, -0.05) is 24.3 Å². The summed E-state index contributed by atoms with van der Waals surface area (Å²) in [6.45, 7) is 0.371. The van der Waals surface area contributed by atoms with Crippen molar-refractivity contribution in [2.45, 2.75) is 18.9 Å². The van der Waals surface area contributed by atoms with Gasteiger partial charge in [0.1, 0.15) is 12.2 Å². The number of nitrogens with one attached hydrogen (secondary N) is 1. The lowest BCUT2D eigenvalue weighted by molar-refractivity contribution is -0.137. The summed E-state index contributed by atoms with van der Waals surface area (Å²) in [7, 11) is 0. The zero-order valence-corrected chi connectivity index (χ0v) is 11.5. The Hall–Kier alpha value is -2.56. The molecule has 1 atom stereocenters. The van der Waals surface area contributed by atoms with E-state index in [2.05, 4.69) is 17.4 Å². The molecule has 0 spiro atoms. The number of hydrogen-bond donors (Lipinski definition) is 2. The molecule has 1 aromatic carbocycles. The Bertz CT molecular complexity index is 690. The first-order valence-corrected chi connectivity index (χ1v) is 6.88. The molecule has 21 heavy (non-hydrogen) atoms. The summed E-state index contributed by atoms with van der Waals surface area (Å²) in [6, 6.07) is 11.5. The lowest BCUT2D eigenvalue weighted by atomic mass is 9.77. The van der Waals surface area contributed by atoms with Gasteiger partial charge in [0.25, 0.3) is 5.91 Å². The van der Waals surface area contributed by atoms with Gasteiger partial charge in [-0.3, -0.25) is 9.59 Å². The number of nitrogens with zero attached hydrogens (tertiary/aromatic N) is 1. The van der Waals surface area contributed by atoms with Gasteiger partial charge in [0.05, 0.1) is 0 Å². The van der Waals surface area contributed by atoms with Crippen molar-refractivity contribution >= 4 is 11.9 Å². The molecule has 1 amide bonds. The van der Waals surface area contributed by atoms with E-state index < -0.39 is 5.97 Å². The quantitative estimate of drug-likeness (QED) is 0.877. The van der Waals surface area contributed by atoms with Crippen LogP contribution in [0, 0.1) is 0 Å². The molecule has 0 bridgehead atoms. The average molecular weight is 284 g/mol. The van der Waals surface area contributed by atoms with Crippen molar-refractivity contribution in [2.24, 2.45) is 0 Å². The summed E-state index contributed by atoms with van der Waals surface area (Å²) < 4.78 is 1.44.